The van der Waals surface area contributed by atoms with Gasteiger partial charge >= 0.3 is 15.6 Å². The summed E-state index contributed by atoms with van der Waals surface area (Å²) >= 11 is 0. The van der Waals surface area contributed by atoms with E-state index >= 15 is 0 Å². The van der Waals surface area contributed by atoms with Crippen LogP contribution in [-0.2, 0) is 13.4 Å². The Bertz CT molecular complexity index is 237. The van der Waals surface area contributed by atoms with Crippen LogP contribution in [0.2, 0.25) is 0 Å². The van der Waals surface area contributed by atoms with E-state index in [-0.39, 0.29) is 0 Å². The molecule has 0 saturated heterocycles. The molecule has 0 fully saturated rings. The second-order valence-corrected chi connectivity index (χ2v) is 5.67. The fraction of sp³-hybridized carbons (Fsp3) is 1.00. The van der Waals surface area contributed by atoms with Crippen molar-refractivity contribution < 1.29 is 33.0 Å². The monoisotopic (exact) mass is 294 g/mol. The minimum atomic E-state index is -5.05. The number of phosphoric acid groups is 2. The average Bonchev–Trinajstić information content (AvgIpc) is 2.07. The van der Waals surface area contributed by atoms with Gasteiger partial charge in [0.1, 0.15) is 0 Å². The van der Waals surface area contributed by atoms with Crippen molar-refractivity contribution in [2.24, 2.45) is 11.5 Å². The highest BCUT2D eigenvalue weighted by Gasteiger charge is 2.27. The van der Waals surface area contributed by atoms with E-state index in [1.165, 1.54) is 12.8 Å². The Balaban J connectivity index is 0. The molecule has 8 N–H and O–H groups in total. The Morgan fingerprint density at radius 2 is 1.06 bits per heavy atom. The van der Waals surface area contributed by atoms with Crippen LogP contribution in [0.15, 0.2) is 0 Å². The van der Waals surface area contributed by atoms with Gasteiger partial charge in [-0.05, 0) is 25.9 Å². The van der Waals surface area contributed by atoms with Crippen LogP contribution in [0.1, 0.15) is 25.7 Å². The van der Waals surface area contributed by atoms with Gasteiger partial charge < -0.3 is 31.0 Å². The van der Waals surface area contributed by atoms with E-state index in [0.717, 1.165) is 25.9 Å². The molecule has 0 unspecified atom stereocenters. The van der Waals surface area contributed by atoms with Gasteiger partial charge in [0.25, 0.3) is 0 Å². The van der Waals surface area contributed by atoms with E-state index in [2.05, 4.69) is 4.31 Å². The lowest BCUT2D eigenvalue weighted by atomic mass is 10.2. The van der Waals surface area contributed by atoms with Crippen molar-refractivity contribution in [2.45, 2.75) is 25.7 Å². The van der Waals surface area contributed by atoms with Crippen molar-refractivity contribution in [3.63, 3.8) is 0 Å². The molecule has 106 valence electrons. The molecule has 0 atom stereocenters. The van der Waals surface area contributed by atoms with Gasteiger partial charge in [0.05, 0.1) is 0 Å². The number of unbranched alkanes of at least 4 members (excludes halogenated alkanes) is 3. The van der Waals surface area contributed by atoms with Crippen LogP contribution < -0.4 is 11.5 Å². The van der Waals surface area contributed by atoms with Crippen molar-refractivity contribution in [3.05, 3.63) is 0 Å². The maximum atomic E-state index is 9.63. The second kappa shape index (κ2) is 10.1. The first-order valence-corrected chi connectivity index (χ1v) is 7.91. The van der Waals surface area contributed by atoms with Crippen LogP contribution in [0.4, 0.5) is 0 Å². The van der Waals surface area contributed by atoms with Crippen LogP contribution in [-0.4, -0.2) is 32.7 Å². The second-order valence-electron chi connectivity index (χ2n) is 3.05. The highest BCUT2D eigenvalue weighted by molar-refractivity contribution is 7.60. The fourth-order valence-corrected chi connectivity index (χ4v) is 1.89. The van der Waals surface area contributed by atoms with Crippen molar-refractivity contribution in [1.29, 1.82) is 0 Å². The predicted molar refractivity (Wildman–Crippen MR) is 61.8 cm³/mol. The van der Waals surface area contributed by atoms with Gasteiger partial charge in [0.15, 0.2) is 0 Å². The van der Waals surface area contributed by atoms with Crippen molar-refractivity contribution >= 4 is 15.6 Å². The largest absolute Gasteiger partial charge is 0.478 e. The standard InChI is InChI=1S/C6H16N2.H4O7P2/c7-5-3-1-2-4-6-8;1-8(2,3)7-9(4,5)6/h1-8H2;(H2,1,2,3)(H2,4,5,6). The molecule has 0 amide bonds. The van der Waals surface area contributed by atoms with Gasteiger partial charge in [-0.3, -0.25) is 0 Å². The zero-order valence-corrected chi connectivity index (χ0v) is 11.1. The third-order valence-electron chi connectivity index (χ3n) is 1.37. The summed E-state index contributed by atoms with van der Waals surface area (Å²) in [6, 6.07) is 0. The molecule has 0 aliphatic carbocycles. The molecule has 0 radical (unpaired) electrons. The lowest BCUT2D eigenvalue weighted by Gasteiger charge is -2.03. The van der Waals surface area contributed by atoms with Gasteiger partial charge in [-0.2, -0.15) is 4.31 Å². The molecule has 0 bridgehead atoms. The molecule has 0 aromatic rings. The third-order valence-corrected chi connectivity index (χ3v) is 3.07. The lowest BCUT2D eigenvalue weighted by Crippen LogP contribution is -2.00. The first kappa shape index (κ1) is 19.5. The van der Waals surface area contributed by atoms with Crippen molar-refractivity contribution in [2.75, 3.05) is 13.1 Å². The summed E-state index contributed by atoms with van der Waals surface area (Å²) in [5.74, 6) is 0. The molecule has 9 nitrogen and oxygen atoms in total. The lowest BCUT2D eigenvalue weighted by molar-refractivity contribution is 0.225. The SMILES string of the molecule is NCCCCCCN.O=P(O)(O)OP(=O)(O)O. The molecule has 0 spiro atoms. The van der Waals surface area contributed by atoms with Crippen LogP contribution >= 0.6 is 15.6 Å². The molecule has 17 heavy (non-hydrogen) atoms. The van der Waals surface area contributed by atoms with Gasteiger partial charge in [0.2, 0.25) is 0 Å². The molecule has 0 aromatic heterocycles. The van der Waals surface area contributed by atoms with E-state index in [1.807, 2.05) is 0 Å². The smallest absolute Gasteiger partial charge is 0.330 e. The fourth-order valence-electron chi connectivity index (χ4n) is 0.781. The van der Waals surface area contributed by atoms with Crippen molar-refractivity contribution in [1.82, 2.24) is 0 Å². The molecule has 0 rings (SSSR count). The molecule has 0 aromatic carbocycles. The zero-order chi connectivity index (χ0) is 13.9. The van der Waals surface area contributed by atoms with Gasteiger partial charge in [0, 0.05) is 0 Å². The quantitative estimate of drug-likeness (QED) is 0.270. The van der Waals surface area contributed by atoms with Gasteiger partial charge in [-0.15, -0.1) is 0 Å². The molecule has 0 aliphatic rings. The minimum Gasteiger partial charge on any atom is -0.330 e. The summed E-state index contributed by atoms with van der Waals surface area (Å²) in [7, 11) is -10.1. The maximum Gasteiger partial charge on any atom is 0.478 e. The zero-order valence-electron chi connectivity index (χ0n) is 9.31. The normalized spacial score (nSPS) is 11.9. The van der Waals surface area contributed by atoms with Crippen LogP contribution in [0, 0.1) is 0 Å². The van der Waals surface area contributed by atoms with E-state index in [4.69, 9.17) is 31.0 Å². The Morgan fingerprint density at radius 3 is 1.18 bits per heavy atom. The number of hydrogen-bond acceptors (Lipinski definition) is 5. The van der Waals surface area contributed by atoms with Crippen molar-refractivity contribution in [3.8, 4) is 0 Å². The Kier molecular flexibility index (Phi) is 11.6. The van der Waals surface area contributed by atoms with Crippen LogP contribution in [0.25, 0.3) is 0 Å². The molecule has 0 heterocycles. The molecule has 11 heteroatoms. The summed E-state index contributed by atoms with van der Waals surface area (Å²) in [6.45, 7) is 1.65. The molecule has 0 aliphatic heterocycles. The first-order valence-electron chi connectivity index (χ1n) is 4.85. The Labute approximate surface area is 99.6 Å². The summed E-state index contributed by atoms with van der Waals surface area (Å²) < 4.78 is 22.2. The highest BCUT2D eigenvalue weighted by atomic mass is 31.3. The van der Waals surface area contributed by atoms with Gasteiger partial charge in [-0.25, -0.2) is 9.13 Å². The average molecular weight is 294 g/mol. The van der Waals surface area contributed by atoms with E-state index < -0.39 is 15.6 Å². The van der Waals surface area contributed by atoms with Crippen LogP contribution in [0.3, 0.4) is 0 Å². The highest BCUT2D eigenvalue weighted by Crippen LogP contribution is 2.53. The Hall–Kier alpha value is 0.180. The molecular formula is C6H20N2O7P2. The van der Waals surface area contributed by atoms with E-state index in [1.54, 1.807) is 0 Å². The summed E-state index contributed by atoms with van der Waals surface area (Å²) in [5, 5.41) is 0. The molecule has 0 saturated carbocycles. The number of nitrogens with two attached hydrogens (primary N) is 2. The predicted octanol–water partition coefficient (Wildman–Crippen LogP) is -0.347. The Morgan fingerprint density at radius 1 is 0.765 bits per heavy atom. The third kappa shape index (κ3) is 26.0. The summed E-state index contributed by atoms with van der Waals surface area (Å²) in [4.78, 5) is 31.0. The van der Waals surface area contributed by atoms with E-state index in [9.17, 15) is 9.13 Å². The van der Waals surface area contributed by atoms with Crippen LogP contribution in [0.5, 0.6) is 0 Å². The van der Waals surface area contributed by atoms with Gasteiger partial charge in [-0.1, -0.05) is 12.8 Å². The summed E-state index contributed by atoms with van der Waals surface area (Å²) in [6.07, 6.45) is 4.79. The van der Waals surface area contributed by atoms with E-state index in [0.29, 0.717) is 0 Å². The number of hydrogen-bond donors (Lipinski definition) is 6. The minimum absolute atomic E-state index is 0.824. The molecular weight excluding hydrogens is 274 g/mol. The number of rotatable bonds is 7. The maximum absolute atomic E-state index is 9.63. The first-order chi connectivity index (χ1) is 7.62. The topological polar surface area (TPSA) is 176 Å². The summed E-state index contributed by atoms with van der Waals surface area (Å²) in [5.41, 5.74) is 10.6.